The maximum atomic E-state index is 9.65. The van der Waals surface area contributed by atoms with E-state index < -0.39 is 5.60 Å². The Balaban J connectivity index is 2.47. The Morgan fingerprint density at radius 1 is 1.53 bits per heavy atom. The summed E-state index contributed by atoms with van der Waals surface area (Å²) in [6.07, 6.45) is 1.45. The summed E-state index contributed by atoms with van der Waals surface area (Å²) >= 11 is 0. The molecule has 3 N–H and O–H groups in total. The third kappa shape index (κ3) is 3.89. The van der Waals surface area contributed by atoms with Crippen LogP contribution < -0.4 is 11.2 Å². The van der Waals surface area contributed by atoms with Gasteiger partial charge < -0.3 is 15.5 Å². The van der Waals surface area contributed by atoms with Crippen molar-refractivity contribution in [2.75, 3.05) is 5.73 Å². The topological polar surface area (TPSA) is 68.4 Å². The Labute approximate surface area is 90.7 Å². The molecular formula is C10H17BN2O2. The van der Waals surface area contributed by atoms with Crippen LogP contribution in [0, 0.1) is 0 Å². The average molecular weight is 208 g/mol. The molecule has 0 spiro atoms. The summed E-state index contributed by atoms with van der Waals surface area (Å²) in [4.78, 5) is 3.95. The third-order valence-corrected chi connectivity index (χ3v) is 2.34. The van der Waals surface area contributed by atoms with Gasteiger partial charge in [-0.05, 0) is 32.3 Å². The fraction of sp³-hybridized carbons (Fsp3) is 0.500. The lowest BCUT2D eigenvalue weighted by molar-refractivity contribution is -0.0223. The fourth-order valence-corrected chi connectivity index (χ4v) is 0.946. The highest BCUT2D eigenvalue weighted by Gasteiger charge is 2.22. The molecule has 4 nitrogen and oxygen atoms in total. The average Bonchev–Trinajstić information content (AvgIpc) is 2.15. The minimum Gasteiger partial charge on any atom is -0.429 e. The van der Waals surface area contributed by atoms with E-state index in [9.17, 15) is 5.11 Å². The van der Waals surface area contributed by atoms with Gasteiger partial charge in [0.2, 0.25) is 0 Å². The molecule has 0 saturated carbocycles. The van der Waals surface area contributed by atoms with Crippen molar-refractivity contribution in [3.63, 3.8) is 0 Å². The largest absolute Gasteiger partial charge is 0.429 e. The highest BCUT2D eigenvalue weighted by atomic mass is 16.5. The summed E-state index contributed by atoms with van der Waals surface area (Å²) in [5, 5.41) is 9.65. The van der Waals surface area contributed by atoms with Crippen molar-refractivity contribution in [2.24, 2.45) is 0 Å². The van der Waals surface area contributed by atoms with E-state index in [1.54, 1.807) is 26.1 Å². The number of nitrogens with zero attached hydrogens (tertiary/aromatic N) is 1. The molecule has 1 unspecified atom stereocenters. The van der Waals surface area contributed by atoms with Crippen LogP contribution in [0.4, 0.5) is 5.82 Å². The first-order chi connectivity index (χ1) is 6.89. The summed E-state index contributed by atoms with van der Waals surface area (Å²) in [6, 6.07) is 3.59. The van der Waals surface area contributed by atoms with Gasteiger partial charge in [-0.2, -0.15) is 0 Å². The Kier molecular flexibility index (Phi) is 3.71. The van der Waals surface area contributed by atoms with Crippen molar-refractivity contribution >= 4 is 18.8 Å². The second kappa shape index (κ2) is 4.64. The third-order valence-electron chi connectivity index (χ3n) is 2.34. The molecule has 1 rings (SSSR count). The number of aliphatic hydroxyl groups is 1. The Hall–Kier alpha value is -1.07. The van der Waals surface area contributed by atoms with Crippen molar-refractivity contribution in [1.29, 1.82) is 0 Å². The number of pyridine rings is 1. The standard InChI is InChI=1S/C10H17BN2O2/c1-7(10(2,3)14)15-11-8-4-5-9(12)13-6-8/h4-7,11,14H,1-3H3,(H2,12,13). The first-order valence-corrected chi connectivity index (χ1v) is 4.94. The number of nitrogens with two attached hydrogens (primary N) is 1. The first-order valence-electron chi connectivity index (χ1n) is 4.94. The predicted octanol–water partition coefficient (Wildman–Crippen LogP) is -0.183. The van der Waals surface area contributed by atoms with Crippen LogP contribution in [0.2, 0.25) is 0 Å². The van der Waals surface area contributed by atoms with E-state index in [1.807, 2.05) is 13.0 Å². The number of hydrogen-bond acceptors (Lipinski definition) is 4. The van der Waals surface area contributed by atoms with E-state index >= 15 is 0 Å². The number of aromatic nitrogens is 1. The van der Waals surface area contributed by atoms with Gasteiger partial charge in [0, 0.05) is 6.20 Å². The second-order valence-corrected chi connectivity index (χ2v) is 4.20. The van der Waals surface area contributed by atoms with Crippen molar-refractivity contribution in [1.82, 2.24) is 4.98 Å². The van der Waals surface area contributed by atoms with Crippen molar-refractivity contribution in [3.8, 4) is 0 Å². The van der Waals surface area contributed by atoms with E-state index in [4.69, 9.17) is 10.4 Å². The zero-order valence-electron chi connectivity index (χ0n) is 9.40. The molecule has 5 heteroatoms. The van der Waals surface area contributed by atoms with Crippen LogP contribution in [-0.4, -0.2) is 29.3 Å². The summed E-state index contributed by atoms with van der Waals surface area (Å²) in [5.74, 6) is 0.495. The summed E-state index contributed by atoms with van der Waals surface area (Å²) in [5.41, 5.74) is 5.57. The normalized spacial score (nSPS) is 13.6. The molecule has 15 heavy (non-hydrogen) atoms. The van der Waals surface area contributed by atoms with Gasteiger partial charge in [0.1, 0.15) is 5.82 Å². The molecule has 0 aliphatic rings. The molecule has 0 radical (unpaired) electrons. The second-order valence-electron chi connectivity index (χ2n) is 4.20. The van der Waals surface area contributed by atoms with Crippen LogP contribution in [0.15, 0.2) is 18.3 Å². The summed E-state index contributed by atoms with van der Waals surface area (Å²) in [6.45, 7) is 5.28. The molecule has 0 aliphatic heterocycles. The smallest absolute Gasteiger partial charge is 0.310 e. The number of rotatable bonds is 4. The Morgan fingerprint density at radius 2 is 2.20 bits per heavy atom. The lowest BCUT2D eigenvalue weighted by atomic mass is 9.88. The predicted molar refractivity (Wildman–Crippen MR) is 62.3 cm³/mol. The van der Waals surface area contributed by atoms with E-state index in [-0.39, 0.29) is 6.10 Å². The SMILES string of the molecule is CC(OBc1ccc(N)nc1)C(C)(C)O. The molecule has 0 amide bonds. The van der Waals surface area contributed by atoms with Crippen LogP contribution in [0.5, 0.6) is 0 Å². The van der Waals surface area contributed by atoms with Crippen LogP contribution >= 0.6 is 0 Å². The lowest BCUT2D eigenvalue weighted by Crippen LogP contribution is -2.38. The molecule has 0 bridgehead atoms. The van der Waals surface area contributed by atoms with Gasteiger partial charge in [0.25, 0.3) is 0 Å². The van der Waals surface area contributed by atoms with Crippen LogP contribution in [-0.2, 0) is 4.65 Å². The zero-order valence-corrected chi connectivity index (χ0v) is 9.40. The van der Waals surface area contributed by atoms with Crippen molar-refractivity contribution in [3.05, 3.63) is 18.3 Å². The number of nitrogen functional groups attached to an aromatic ring is 1. The number of hydrogen-bond donors (Lipinski definition) is 2. The van der Waals surface area contributed by atoms with E-state index in [0.29, 0.717) is 13.3 Å². The summed E-state index contributed by atoms with van der Waals surface area (Å²) in [7, 11) is 0.429. The molecule has 0 saturated heterocycles. The van der Waals surface area contributed by atoms with Crippen LogP contribution in [0.1, 0.15) is 20.8 Å². The molecule has 0 aromatic carbocycles. The van der Waals surface area contributed by atoms with Crippen molar-refractivity contribution < 1.29 is 9.76 Å². The van der Waals surface area contributed by atoms with Gasteiger partial charge in [0.15, 0.2) is 0 Å². The van der Waals surface area contributed by atoms with Crippen LogP contribution in [0.25, 0.3) is 0 Å². The van der Waals surface area contributed by atoms with Gasteiger partial charge in [-0.15, -0.1) is 0 Å². The monoisotopic (exact) mass is 208 g/mol. The minimum absolute atomic E-state index is 0.227. The molecule has 0 aliphatic carbocycles. The Bertz CT molecular complexity index is 308. The first kappa shape index (κ1) is 12.0. The van der Waals surface area contributed by atoms with Gasteiger partial charge in [0.05, 0.1) is 11.7 Å². The highest BCUT2D eigenvalue weighted by molar-refractivity contribution is 6.46. The van der Waals surface area contributed by atoms with Gasteiger partial charge >= 0.3 is 7.48 Å². The van der Waals surface area contributed by atoms with Gasteiger partial charge in [-0.1, -0.05) is 6.07 Å². The van der Waals surface area contributed by atoms with E-state index in [1.165, 1.54) is 0 Å². The Morgan fingerprint density at radius 3 is 2.67 bits per heavy atom. The quantitative estimate of drug-likeness (QED) is 0.673. The van der Waals surface area contributed by atoms with E-state index in [2.05, 4.69) is 4.98 Å². The molecule has 1 aromatic rings. The van der Waals surface area contributed by atoms with Crippen molar-refractivity contribution in [2.45, 2.75) is 32.5 Å². The molecule has 1 heterocycles. The molecule has 1 aromatic heterocycles. The summed E-state index contributed by atoms with van der Waals surface area (Å²) < 4.78 is 5.50. The zero-order chi connectivity index (χ0) is 11.5. The molecule has 82 valence electrons. The molecule has 0 fully saturated rings. The molecular weight excluding hydrogens is 191 g/mol. The lowest BCUT2D eigenvalue weighted by Gasteiger charge is -2.26. The number of anilines is 1. The maximum absolute atomic E-state index is 9.65. The molecule has 1 atom stereocenters. The fourth-order valence-electron chi connectivity index (χ4n) is 0.946. The minimum atomic E-state index is -0.832. The van der Waals surface area contributed by atoms with Crippen LogP contribution in [0.3, 0.4) is 0 Å². The van der Waals surface area contributed by atoms with Gasteiger partial charge in [-0.3, -0.25) is 0 Å². The van der Waals surface area contributed by atoms with E-state index in [0.717, 1.165) is 5.46 Å². The highest BCUT2D eigenvalue weighted by Crippen LogP contribution is 2.10. The maximum Gasteiger partial charge on any atom is 0.310 e. The van der Waals surface area contributed by atoms with Gasteiger partial charge in [-0.25, -0.2) is 4.98 Å².